The molecule has 0 fully saturated rings. The normalized spacial score (nSPS) is 10.7. The highest BCUT2D eigenvalue weighted by atomic mass is 19.1. The Morgan fingerprint density at radius 1 is 1.20 bits per heavy atom. The summed E-state index contributed by atoms with van der Waals surface area (Å²) in [5, 5.41) is 9.19. The minimum absolute atomic E-state index is 0.0208. The Labute approximate surface area is 146 Å². The summed E-state index contributed by atoms with van der Waals surface area (Å²) in [6.45, 7) is 4.64. The average Bonchev–Trinajstić information content (AvgIpc) is 3.03. The van der Waals surface area contributed by atoms with Gasteiger partial charge in [0, 0.05) is 25.6 Å². The van der Waals surface area contributed by atoms with Gasteiger partial charge in [-0.15, -0.1) is 0 Å². The number of carbonyl (C=O) groups is 2. The molecule has 1 aromatic carbocycles. The van der Waals surface area contributed by atoms with Gasteiger partial charge in [0.1, 0.15) is 17.1 Å². The van der Waals surface area contributed by atoms with Gasteiger partial charge in [0.2, 0.25) is 0 Å². The predicted octanol–water partition coefficient (Wildman–Crippen LogP) is 3.77. The van der Waals surface area contributed by atoms with Crippen molar-refractivity contribution in [2.24, 2.45) is 0 Å². The molecule has 2 rings (SSSR count). The molecule has 0 spiro atoms. The highest BCUT2D eigenvalue weighted by Gasteiger charge is 2.23. The number of furan rings is 1. The van der Waals surface area contributed by atoms with Crippen LogP contribution in [0.3, 0.4) is 0 Å². The van der Waals surface area contributed by atoms with Crippen LogP contribution in [0.1, 0.15) is 52.5 Å². The number of hydrogen-bond acceptors (Lipinski definition) is 3. The quantitative estimate of drug-likeness (QED) is 0.789. The summed E-state index contributed by atoms with van der Waals surface area (Å²) in [5.74, 6) is -1.45. The van der Waals surface area contributed by atoms with E-state index in [0.29, 0.717) is 25.9 Å². The zero-order valence-corrected chi connectivity index (χ0v) is 14.4. The molecule has 134 valence electrons. The lowest BCUT2D eigenvalue weighted by Crippen LogP contribution is -2.33. The monoisotopic (exact) mass is 347 g/mol. The van der Waals surface area contributed by atoms with E-state index in [2.05, 4.69) is 0 Å². The lowest BCUT2D eigenvalue weighted by atomic mass is 10.1. The molecule has 0 saturated carbocycles. The van der Waals surface area contributed by atoms with Gasteiger partial charge in [-0.05, 0) is 30.5 Å². The molecule has 2 aromatic rings. The van der Waals surface area contributed by atoms with Crippen molar-refractivity contribution in [3.05, 3.63) is 58.8 Å². The molecule has 1 heterocycles. The number of carboxylic acids is 1. The van der Waals surface area contributed by atoms with Gasteiger partial charge in [0.15, 0.2) is 5.76 Å². The first-order chi connectivity index (χ1) is 12.0. The van der Waals surface area contributed by atoms with E-state index in [-0.39, 0.29) is 28.8 Å². The van der Waals surface area contributed by atoms with E-state index in [4.69, 9.17) is 4.42 Å². The number of aryl methyl sites for hydroxylation is 1. The van der Waals surface area contributed by atoms with Gasteiger partial charge >= 0.3 is 5.97 Å². The highest BCUT2D eigenvalue weighted by Crippen LogP contribution is 2.19. The summed E-state index contributed by atoms with van der Waals surface area (Å²) >= 11 is 0. The van der Waals surface area contributed by atoms with Crippen LogP contribution in [0.15, 0.2) is 34.7 Å². The third kappa shape index (κ3) is 4.68. The molecule has 0 bridgehead atoms. The maximum atomic E-state index is 13.3. The fourth-order valence-electron chi connectivity index (χ4n) is 2.67. The second-order valence-corrected chi connectivity index (χ2v) is 5.78. The Hall–Kier alpha value is -2.63. The Kier molecular flexibility index (Phi) is 6.33. The van der Waals surface area contributed by atoms with Gasteiger partial charge in [-0.2, -0.15) is 0 Å². The molecule has 0 aliphatic carbocycles. The molecular formula is C19H22FNO4. The summed E-state index contributed by atoms with van der Waals surface area (Å²) in [7, 11) is 0. The zero-order chi connectivity index (χ0) is 18.4. The van der Waals surface area contributed by atoms with Crippen molar-refractivity contribution in [1.82, 2.24) is 4.90 Å². The molecule has 0 saturated heterocycles. The van der Waals surface area contributed by atoms with E-state index in [0.717, 1.165) is 12.0 Å². The van der Waals surface area contributed by atoms with Gasteiger partial charge in [0.05, 0.1) is 0 Å². The Morgan fingerprint density at radius 2 is 1.96 bits per heavy atom. The van der Waals surface area contributed by atoms with Crippen LogP contribution >= 0.6 is 0 Å². The van der Waals surface area contributed by atoms with Crippen molar-refractivity contribution in [1.29, 1.82) is 0 Å². The van der Waals surface area contributed by atoms with E-state index in [9.17, 15) is 19.1 Å². The van der Waals surface area contributed by atoms with Crippen LogP contribution in [0, 0.1) is 5.82 Å². The van der Waals surface area contributed by atoms with Crippen molar-refractivity contribution in [2.45, 2.75) is 33.1 Å². The topological polar surface area (TPSA) is 70.8 Å². The molecule has 5 nitrogen and oxygen atoms in total. The molecule has 1 aromatic heterocycles. The number of halogens is 1. The summed E-state index contributed by atoms with van der Waals surface area (Å²) in [6.07, 6.45) is 1.66. The van der Waals surface area contributed by atoms with Gasteiger partial charge < -0.3 is 14.4 Å². The van der Waals surface area contributed by atoms with Crippen LogP contribution < -0.4 is 0 Å². The summed E-state index contributed by atoms with van der Waals surface area (Å²) < 4.78 is 18.7. The second kappa shape index (κ2) is 8.46. The molecular weight excluding hydrogens is 325 g/mol. The average molecular weight is 347 g/mol. The fraction of sp³-hybridized carbons (Fsp3) is 0.368. The van der Waals surface area contributed by atoms with Crippen LogP contribution in [0.5, 0.6) is 0 Å². The maximum Gasteiger partial charge on any atom is 0.339 e. The van der Waals surface area contributed by atoms with Crippen LogP contribution in [0.2, 0.25) is 0 Å². The van der Waals surface area contributed by atoms with Gasteiger partial charge in [-0.3, -0.25) is 4.79 Å². The second-order valence-electron chi connectivity index (χ2n) is 5.78. The van der Waals surface area contributed by atoms with E-state index >= 15 is 0 Å². The van der Waals surface area contributed by atoms with Crippen LogP contribution in [-0.4, -0.2) is 35.0 Å². The van der Waals surface area contributed by atoms with E-state index < -0.39 is 5.97 Å². The lowest BCUT2D eigenvalue weighted by molar-refractivity contribution is 0.0691. The number of amides is 1. The molecule has 0 aliphatic rings. The molecule has 1 amide bonds. The van der Waals surface area contributed by atoms with Crippen molar-refractivity contribution in [2.75, 3.05) is 13.1 Å². The fourth-order valence-corrected chi connectivity index (χ4v) is 2.67. The highest BCUT2D eigenvalue weighted by molar-refractivity contribution is 5.96. The molecule has 0 unspecified atom stereocenters. The van der Waals surface area contributed by atoms with Crippen LogP contribution in [-0.2, 0) is 12.8 Å². The maximum absolute atomic E-state index is 13.3. The third-order valence-electron chi connectivity index (χ3n) is 3.91. The van der Waals surface area contributed by atoms with E-state index in [1.54, 1.807) is 17.9 Å². The molecule has 0 aliphatic heterocycles. The Morgan fingerprint density at radius 3 is 2.52 bits per heavy atom. The number of aromatic carboxylic acids is 1. The summed E-state index contributed by atoms with van der Waals surface area (Å²) in [6, 6.07) is 7.55. The number of carboxylic acid groups (broad SMARTS) is 1. The van der Waals surface area contributed by atoms with Gasteiger partial charge in [0.25, 0.3) is 5.91 Å². The number of rotatable bonds is 8. The first-order valence-electron chi connectivity index (χ1n) is 8.36. The first-order valence-corrected chi connectivity index (χ1v) is 8.36. The van der Waals surface area contributed by atoms with Crippen LogP contribution in [0.25, 0.3) is 0 Å². The lowest BCUT2D eigenvalue weighted by Gasteiger charge is -2.21. The smallest absolute Gasteiger partial charge is 0.339 e. The first kappa shape index (κ1) is 18.7. The largest absolute Gasteiger partial charge is 0.478 e. The standard InChI is InChI=1S/C19H22FNO4/c1-3-9-21(10-8-13-6-5-7-14(20)11-13)18(22)17-12-15(19(23)24)16(4-2)25-17/h5-7,11-12H,3-4,8-10H2,1-2H3,(H,23,24). The molecule has 25 heavy (non-hydrogen) atoms. The predicted molar refractivity (Wildman–Crippen MR) is 91.3 cm³/mol. The van der Waals surface area contributed by atoms with E-state index in [1.807, 2.05) is 13.0 Å². The van der Waals surface area contributed by atoms with Crippen molar-refractivity contribution >= 4 is 11.9 Å². The SMILES string of the molecule is CCCN(CCc1cccc(F)c1)C(=O)c1cc(C(=O)O)c(CC)o1. The molecule has 6 heteroatoms. The summed E-state index contributed by atoms with van der Waals surface area (Å²) in [5.41, 5.74) is 0.821. The Balaban J connectivity index is 2.15. The summed E-state index contributed by atoms with van der Waals surface area (Å²) in [4.78, 5) is 25.5. The minimum atomic E-state index is -1.11. The van der Waals surface area contributed by atoms with Crippen molar-refractivity contribution in [3.8, 4) is 0 Å². The molecule has 0 atom stereocenters. The van der Waals surface area contributed by atoms with E-state index in [1.165, 1.54) is 18.2 Å². The van der Waals surface area contributed by atoms with Crippen molar-refractivity contribution < 1.29 is 23.5 Å². The number of benzene rings is 1. The Bertz CT molecular complexity index is 754. The number of hydrogen-bond donors (Lipinski definition) is 1. The molecule has 0 radical (unpaired) electrons. The number of carbonyl (C=O) groups excluding carboxylic acids is 1. The number of nitrogens with zero attached hydrogens (tertiary/aromatic N) is 1. The minimum Gasteiger partial charge on any atom is -0.478 e. The van der Waals surface area contributed by atoms with Crippen molar-refractivity contribution in [3.63, 3.8) is 0 Å². The van der Waals surface area contributed by atoms with Crippen LogP contribution in [0.4, 0.5) is 4.39 Å². The molecule has 1 N–H and O–H groups in total. The van der Waals surface area contributed by atoms with Gasteiger partial charge in [-0.1, -0.05) is 26.0 Å². The zero-order valence-electron chi connectivity index (χ0n) is 14.4. The van der Waals surface area contributed by atoms with Gasteiger partial charge in [-0.25, -0.2) is 9.18 Å². The third-order valence-corrected chi connectivity index (χ3v) is 3.91.